The highest BCUT2D eigenvalue weighted by atomic mass is 32.1. The van der Waals surface area contributed by atoms with Crippen molar-refractivity contribution in [2.75, 3.05) is 31.3 Å². The van der Waals surface area contributed by atoms with Crippen LogP contribution >= 0.6 is 11.3 Å². The summed E-state index contributed by atoms with van der Waals surface area (Å²) < 4.78 is 10.1. The molecule has 0 spiro atoms. The number of carbonyl (C=O) groups excluding carboxylic acids is 1. The zero-order valence-corrected chi connectivity index (χ0v) is 10.7. The molecule has 0 saturated carbocycles. The first-order valence-corrected chi connectivity index (χ1v) is 5.95. The molecule has 0 bridgehead atoms. The van der Waals surface area contributed by atoms with Gasteiger partial charge in [0.2, 0.25) is 0 Å². The fourth-order valence-electron chi connectivity index (χ4n) is 1.26. The third-order valence-corrected chi connectivity index (χ3v) is 3.10. The highest BCUT2D eigenvalue weighted by molar-refractivity contribution is 7.19. The van der Waals surface area contributed by atoms with Gasteiger partial charge < -0.3 is 20.5 Å². The topological polar surface area (TPSA) is 73.6 Å². The van der Waals surface area contributed by atoms with Crippen molar-refractivity contribution in [1.82, 2.24) is 0 Å². The molecule has 5 nitrogen and oxygen atoms in total. The number of methoxy groups -OCH3 is 1. The molecule has 0 amide bonds. The fourth-order valence-corrected chi connectivity index (χ4v) is 2.25. The second-order valence-electron chi connectivity index (χ2n) is 3.10. The predicted octanol–water partition coefficient (Wildman–Crippen LogP) is 2.11. The van der Waals surface area contributed by atoms with E-state index in [9.17, 15) is 4.79 Å². The van der Waals surface area contributed by atoms with E-state index in [0.717, 1.165) is 0 Å². The van der Waals surface area contributed by atoms with Gasteiger partial charge in [0.1, 0.15) is 15.6 Å². The first-order valence-electron chi connectivity index (χ1n) is 5.13. The van der Waals surface area contributed by atoms with Crippen molar-refractivity contribution < 1.29 is 14.3 Å². The van der Waals surface area contributed by atoms with Crippen LogP contribution in [0.2, 0.25) is 0 Å². The van der Waals surface area contributed by atoms with Gasteiger partial charge in [-0.2, -0.15) is 0 Å². The van der Waals surface area contributed by atoms with Crippen LogP contribution in [0, 0.1) is 0 Å². The minimum Gasteiger partial charge on any atom is -0.492 e. The number of esters is 1. The van der Waals surface area contributed by atoms with E-state index in [1.807, 2.05) is 0 Å². The van der Waals surface area contributed by atoms with Crippen molar-refractivity contribution in [3.05, 3.63) is 17.5 Å². The first-order chi connectivity index (χ1) is 8.15. The molecule has 0 radical (unpaired) electrons. The lowest BCUT2D eigenvalue weighted by Crippen LogP contribution is -2.05. The standard InChI is InChI=1S/C11H16N2O3S/c1-4-6-13-10-8(15-3)7(12)9(17-10)11(14)16-5-2/h4,13H,1,5-6,12H2,2-3H3. The molecule has 1 aromatic heterocycles. The Balaban J connectivity index is 3.03. The lowest BCUT2D eigenvalue weighted by Gasteiger charge is -2.03. The SMILES string of the molecule is C=CCNc1sc(C(=O)OCC)c(N)c1OC. The Hall–Kier alpha value is -1.69. The second kappa shape index (κ2) is 6.15. The van der Waals surface area contributed by atoms with Crippen LogP contribution < -0.4 is 15.8 Å². The van der Waals surface area contributed by atoms with Gasteiger partial charge in [0.15, 0.2) is 5.75 Å². The maximum absolute atomic E-state index is 11.6. The van der Waals surface area contributed by atoms with Gasteiger partial charge in [-0.3, -0.25) is 0 Å². The van der Waals surface area contributed by atoms with E-state index < -0.39 is 5.97 Å². The molecule has 0 aliphatic carbocycles. The fraction of sp³-hybridized carbons (Fsp3) is 0.364. The molecule has 0 saturated heterocycles. The summed E-state index contributed by atoms with van der Waals surface area (Å²) in [4.78, 5) is 12.0. The van der Waals surface area contributed by atoms with Crippen LogP contribution in [0.4, 0.5) is 10.7 Å². The van der Waals surface area contributed by atoms with Gasteiger partial charge in [-0.15, -0.1) is 17.9 Å². The molecule has 0 unspecified atom stereocenters. The third kappa shape index (κ3) is 2.91. The highest BCUT2D eigenvalue weighted by Crippen LogP contribution is 2.42. The van der Waals surface area contributed by atoms with E-state index in [2.05, 4.69) is 11.9 Å². The molecule has 0 aliphatic heterocycles. The summed E-state index contributed by atoms with van der Waals surface area (Å²) in [6, 6.07) is 0. The first kappa shape index (κ1) is 13.4. The largest absolute Gasteiger partial charge is 0.492 e. The van der Waals surface area contributed by atoms with Crippen LogP contribution in [0.1, 0.15) is 16.6 Å². The van der Waals surface area contributed by atoms with E-state index in [1.54, 1.807) is 13.0 Å². The van der Waals surface area contributed by atoms with Crippen molar-refractivity contribution in [2.24, 2.45) is 0 Å². The Morgan fingerprint density at radius 2 is 2.35 bits per heavy atom. The average Bonchev–Trinajstić information content (AvgIpc) is 2.63. The third-order valence-electron chi connectivity index (χ3n) is 1.97. The molecule has 6 heteroatoms. The van der Waals surface area contributed by atoms with Gasteiger partial charge >= 0.3 is 5.97 Å². The van der Waals surface area contributed by atoms with Gasteiger partial charge in [0.05, 0.1) is 13.7 Å². The van der Waals surface area contributed by atoms with Gasteiger partial charge in [0, 0.05) is 6.54 Å². The van der Waals surface area contributed by atoms with Crippen LogP contribution in [0.25, 0.3) is 0 Å². The van der Waals surface area contributed by atoms with Gasteiger partial charge in [-0.05, 0) is 6.92 Å². The maximum Gasteiger partial charge on any atom is 0.350 e. The summed E-state index contributed by atoms with van der Waals surface area (Å²) >= 11 is 1.22. The monoisotopic (exact) mass is 256 g/mol. The Labute approximate surface area is 104 Å². The summed E-state index contributed by atoms with van der Waals surface area (Å²) in [7, 11) is 1.51. The number of nitrogens with one attached hydrogen (secondary N) is 1. The zero-order valence-electron chi connectivity index (χ0n) is 9.91. The summed E-state index contributed by atoms with van der Waals surface area (Å²) in [5.74, 6) is 0.0415. The Morgan fingerprint density at radius 3 is 2.88 bits per heavy atom. The van der Waals surface area contributed by atoms with Crippen LogP contribution in [0.5, 0.6) is 5.75 Å². The molecule has 0 aliphatic rings. The number of nitrogens with two attached hydrogens (primary N) is 1. The lowest BCUT2D eigenvalue weighted by atomic mass is 10.3. The summed E-state index contributed by atoms with van der Waals surface area (Å²) in [5, 5.41) is 3.76. The smallest absolute Gasteiger partial charge is 0.350 e. The molecule has 1 heterocycles. The van der Waals surface area contributed by atoms with Gasteiger partial charge in [-0.1, -0.05) is 6.08 Å². The number of thiophene rings is 1. The van der Waals surface area contributed by atoms with Crippen LogP contribution in [0.3, 0.4) is 0 Å². The van der Waals surface area contributed by atoms with E-state index >= 15 is 0 Å². The second-order valence-corrected chi connectivity index (χ2v) is 4.12. The minimum atomic E-state index is -0.431. The molecule has 0 aromatic carbocycles. The number of hydrogen-bond donors (Lipinski definition) is 2. The molecule has 1 rings (SSSR count). The maximum atomic E-state index is 11.6. The quantitative estimate of drug-likeness (QED) is 0.602. The predicted molar refractivity (Wildman–Crippen MR) is 69.9 cm³/mol. The van der Waals surface area contributed by atoms with Gasteiger partial charge in [-0.25, -0.2) is 4.79 Å². The number of carbonyl (C=O) groups is 1. The number of ether oxygens (including phenoxy) is 2. The molecular weight excluding hydrogens is 240 g/mol. The molecule has 94 valence electrons. The molecule has 3 N–H and O–H groups in total. The number of hydrogen-bond acceptors (Lipinski definition) is 6. The Morgan fingerprint density at radius 1 is 1.65 bits per heavy atom. The van der Waals surface area contributed by atoms with Crippen molar-refractivity contribution in [3.63, 3.8) is 0 Å². The molecular formula is C11H16N2O3S. The molecule has 1 aromatic rings. The van der Waals surface area contributed by atoms with E-state index in [1.165, 1.54) is 18.4 Å². The lowest BCUT2D eigenvalue weighted by molar-refractivity contribution is 0.0533. The normalized spacial score (nSPS) is 9.76. The van der Waals surface area contributed by atoms with Crippen molar-refractivity contribution in [3.8, 4) is 5.75 Å². The van der Waals surface area contributed by atoms with Crippen LogP contribution in [-0.4, -0.2) is 26.2 Å². The summed E-state index contributed by atoms with van der Waals surface area (Å²) in [6.45, 7) is 6.23. The van der Waals surface area contributed by atoms with Crippen molar-refractivity contribution >= 4 is 28.0 Å². The van der Waals surface area contributed by atoms with Crippen LogP contribution in [-0.2, 0) is 4.74 Å². The van der Waals surface area contributed by atoms with Crippen molar-refractivity contribution in [1.29, 1.82) is 0 Å². The van der Waals surface area contributed by atoms with Crippen LogP contribution in [0.15, 0.2) is 12.7 Å². The van der Waals surface area contributed by atoms with E-state index in [-0.39, 0.29) is 0 Å². The number of rotatable bonds is 6. The van der Waals surface area contributed by atoms with E-state index in [4.69, 9.17) is 15.2 Å². The molecule has 17 heavy (non-hydrogen) atoms. The molecule has 0 fully saturated rings. The zero-order chi connectivity index (χ0) is 12.8. The molecule has 0 atom stereocenters. The minimum absolute atomic E-state index is 0.308. The highest BCUT2D eigenvalue weighted by Gasteiger charge is 2.22. The number of nitrogen functional groups attached to an aromatic ring is 1. The Bertz CT molecular complexity index is 415. The van der Waals surface area contributed by atoms with E-state index in [0.29, 0.717) is 34.5 Å². The van der Waals surface area contributed by atoms with Crippen molar-refractivity contribution in [2.45, 2.75) is 6.92 Å². The summed E-state index contributed by atoms with van der Waals surface area (Å²) in [6.07, 6.45) is 1.71. The van der Waals surface area contributed by atoms with Gasteiger partial charge in [0.25, 0.3) is 0 Å². The summed E-state index contributed by atoms with van der Waals surface area (Å²) in [5.41, 5.74) is 6.14. The number of anilines is 2. The average molecular weight is 256 g/mol. The Kier molecular flexibility index (Phi) is 4.84.